The lowest BCUT2D eigenvalue weighted by molar-refractivity contribution is 0.442. The zero-order chi connectivity index (χ0) is 9.80. The summed E-state index contributed by atoms with van der Waals surface area (Å²) in [6.45, 7) is 0. The Morgan fingerprint density at radius 3 is 2.93 bits per heavy atom. The van der Waals surface area contributed by atoms with Gasteiger partial charge in [-0.3, -0.25) is 0 Å². The molecule has 1 heterocycles. The third kappa shape index (κ3) is 2.13. The van der Waals surface area contributed by atoms with E-state index in [-0.39, 0.29) is 0 Å². The first-order valence-electron chi connectivity index (χ1n) is 5.21. The number of nitrogens with zero attached hydrogens (tertiary/aromatic N) is 2. The molecule has 0 spiro atoms. The molecule has 14 heavy (non-hydrogen) atoms. The number of nitriles is 1. The number of rotatable bonds is 2. The van der Waals surface area contributed by atoms with Gasteiger partial charge in [-0.15, -0.1) is 11.3 Å². The molecular weight excluding hydrogens is 192 g/mol. The predicted octanol–water partition coefficient (Wildman–Crippen LogP) is 3.26. The molecule has 0 aliphatic heterocycles. The van der Waals surface area contributed by atoms with E-state index in [1.54, 1.807) is 11.3 Å². The van der Waals surface area contributed by atoms with Gasteiger partial charge in [0.1, 0.15) is 0 Å². The molecule has 1 aromatic rings. The van der Waals surface area contributed by atoms with Crippen molar-refractivity contribution < 1.29 is 0 Å². The van der Waals surface area contributed by atoms with Gasteiger partial charge in [-0.25, -0.2) is 4.98 Å². The van der Waals surface area contributed by atoms with E-state index in [0.29, 0.717) is 12.3 Å². The molecule has 0 N–H and O–H groups in total. The number of aromatic nitrogens is 1. The molecular formula is C11H14N2S. The monoisotopic (exact) mass is 206 g/mol. The Kier molecular flexibility index (Phi) is 3.15. The first-order chi connectivity index (χ1) is 6.90. The summed E-state index contributed by atoms with van der Waals surface area (Å²) in [6, 6.07) is 2.17. The van der Waals surface area contributed by atoms with Crippen LogP contribution in [0.4, 0.5) is 0 Å². The lowest BCUT2D eigenvalue weighted by Crippen LogP contribution is -2.03. The average Bonchev–Trinajstić information content (AvgIpc) is 2.68. The topological polar surface area (TPSA) is 36.7 Å². The molecule has 0 saturated heterocycles. The standard InChI is InChI=1S/C11H14N2S/c12-7-6-10-8-13-11(14-10)9-4-2-1-3-5-9/h8-9H,1-6H2. The highest BCUT2D eigenvalue weighted by atomic mass is 32.1. The normalized spacial score (nSPS) is 17.9. The second-order valence-electron chi connectivity index (χ2n) is 3.83. The van der Waals surface area contributed by atoms with Gasteiger partial charge in [0.2, 0.25) is 0 Å². The number of thiazole rings is 1. The molecule has 1 aromatic heterocycles. The van der Waals surface area contributed by atoms with Crippen molar-refractivity contribution in [3.05, 3.63) is 16.1 Å². The van der Waals surface area contributed by atoms with Gasteiger partial charge >= 0.3 is 0 Å². The van der Waals surface area contributed by atoms with Crippen LogP contribution in [0.1, 0.15) is 47.9 Å². The Bertz CT molecular complexity index is 331. The molecule has 3 heteroatoms. The van der Waals surface area contributed by atoms with Crippen LogP contribution >= 0.6 is 11.3 Å². The van der Waals surface area contributed by atoms with E-state index >= 15 is 0 Å². The summed E-state index contributed by atoms with van der Waals surface area (Å²) in [5.74, 6) is 0.682. The van der Waals surface area contributed by atoms with Gasteiger partial charge in [0.05, 0.1) is 17.5 Å². The van der Waals surface area contributed by atoms with Gasteiger partial charge in [-0.2, -0.15) is 5.26 Å². The van der Waals surface area contributed by atoms with Crippen molar-refractivity contribution in [1.82, 2.24) is 4.98 Å². The third-order valence-corrected chi connectivity index (χ3v) is 3.94. The highest BCUT2D eigenvalue weighted by Crippen LogP contribution is 2.34. The molecule has 0 radical (unpaired) electrons. The summed E-state index contributed by atoms with van der Waals surface area (Å²) in [6.07, 6.45) is 9.05. The van der Waals surface area contributed by atoms with Gasteiger partial charge in [0.25, 0.3) is 0 Å². The van der Waals surface area contributed by atoms with Crippen LogP contribution in [-0.4, -0.2) is 4.98 Å². The second-order valence-corrected chi connectivity index (χ2v) is 4.98. The smallest absolute Gasteiger partial charge is 0.0958 e. The second kappa shape index (κ2) is 4.56. The fourth-order valence-electron chi connectivity index (χ4n) is 2.02. The zero-order valence-corrected chi connectivity index (χ0v) is 9.02. The molecule has 2 rings (SSSR count). The summed E-state index contributed by atoms with van der Waals surface area (Å²) < 4.78 is 0. The molecule has 1 saturated carbocycles. The Labute approximate surface area is 88.6 Å². The van der Waals surface area contributed by atoms with Crippen molar-refractivity contribution in [3.63, 3.8) is 0 Å². The van der Waals surface area contributed by atoms with Crippen LogP contribution in [-0.2, 0) is 6.42 Å². The van der Waals surface area contributed by atoms with Crippen molar-refractivity contribution in [3.8, 4) is 6.07 Å². The molecule has 1 fully saturated rings. The molecule has 0 aromatic carbocycles. The third-order valence-electron chi connectivity index (χ3n) is 2.78. The minimum atomic E-state index is 0.518. The van der Waals surface area contributed by atoms with E-state index in [1.165, 1.54) is 37.1 Å². The Morgan fingerprint density at radius 1 is 1.43 bits per heavy atom. The predicted molar refractivity (Wildman–Crippen MR) is 57.3 cm³/mol. The minimum absolute atomic E-state index is 0.518. The fraction of sp³-hybridized carbons (Fsp3) is 0.636. The fourth-order valence-corrected chi connectivity index (χ4v) is 3.04. The van der Waals surface area contributed by atoms with E-state index in [0.717, 1.165) is 4.88 Å². The summed E-state index contributed by atoms with van der Waals surface area (Å²) in [5.41, 5.74) is 0. The van der Waals surface area contributed by atoms with Crippen LogP contribution in [0.3, 0.4) is 0 Å². The first-order valence-corrected chi connectivity index (χ1v) is 6.03. The van der Waals surface area contributed by atoms with Crippen molar-refractivity contribution >= 4 is 11.3 Å². The van der Waals surface area contributed by atoms with Gasteiger partial charge < -0.3 is 0 Å². The number of hydrogen-bond acceptors (Lipinski definition) is 3. The minimum Gasteiger partial charge on any atom is -0.249 e. The van der Waals surface area contributed by atoms with Crippen LogP contribution in [0, 0.1) is 11.3 Å². The lowest BCUT2D eigenvalue weighted by Gasteiger charge is -2.18. The highest BCUT2D eigenvalue weighted by Gasteiger charge is 2.18. The van der Waals surface area contributed by atoms with Gasteiger partial charge in [-0.05, 0) is 12.8 Å². The van der Waals surface area contributed by atoms with Gasteiger partial charge in [0.15, 0.2) is 0 Å². The molecule has 1 aliphatic rings. The van der Waals surface area contributed by atoms with E-state index in [1.807, 2.05) is 6.20 Å². The van der Waals surface area contributed by atoms with Crippen LogP contribution < -0.4 is 0 Å². The molecule has 0 bridgehead atoms. The molecule has 0 unspecified atom stereocenters. The maximum atomic E-state index is 8.57. The van der Waals surface area contributed by atoms with Gasteiger partial charge in [0, 0.05) is 17.0 Å². The maximum absolute atomic E-state index is 8.57. The summed E-state index contributed by atoms with van der Waals surface area (Å²) in [7, 11) is 0. The van der Waals surface area contributed by atoms with Crippen LogP contribution in [0.2, 0.25) is 0 Å². The number of hydrogen-bond donors (Lipinski definition) is 0. The molecule has 0 amide bonds. The summed E-state index contributed by atoms with van der Waals surface area (Å²) in [5, 5.41) is 9.83. The molecule has 74 valence electrons. The molecule has 0 atom stereocenters. The Balaban J connectivity index is 2.04. The maximum Gasteiger partial charge on any atom is 0.0958 e. The average molecular weight is 206 g/mol. The van der Waals surface area contributed by atoms with Crippen LogP contribution in [0.15, 0.2) is 6.20 Å². The van der Waals surface area contributed by atoms with Gasteiger partial charge in [-0.1, -0.05) is 19.3 Å². The van der Waals surface area contributed by atoms with Crippen molar-refractivity contribution in [1.29, 1.82) is 5.26 Å². The van der Waals surface area contributed by atoms with Crippen LogP contribution in [0.5, 0.6) is 0 Å². The van der Waals surface area contributed by atoms with E-state index in [4.69, 9.17) is 5.26 Å². The van der Waals surface area contributed by atoms with E-state index < -0.39 is 0 Å². The lowest BCUT2D eigenvalue weighted by atomic mass is 9.90. The Morgan fingerprint density at radius 2 is 2.21 bits per heavy atom. The first kappa shape index (κ1) is 9.67. The van der Waals surface area contributed by atoms with Crippen molar-refractivity contribution in [2.75, 3.05) is 0 Å². The van der Waals surface area contributed by atoms with Crippen LogP contribution in [0.25, 0.3) is 0 Å². The SMILES string of the molecule is N#CCc1cnc(C2CCCCC2)s1. The largest absolute Gasteiger partial charge is 0.249 e. The summed E-state index contributed by atoms with van der Waals surface area (Å²) >= 11 is 1.73. The van der Waals surface area contributed by atoms with E-state index in [9.17, 15) is 0 Å². The van der Waals surface area contributed by atoms with Crippen molar-refractivity contribution in [2.24, 2.45) is 0 Å². The molecule has 1 aliphatic carbocycles. The zero-order valence-electron chi connectivity index (χ0n) is 8.20. The highest BCUT2D eigenvalue weighted by molar-refractivity contribution is 7.11. The quantitative estimate of drug-likeness (QED) is 0.744. The van der Waals surface area contributed by atoms with Crippen molar-refractivity contribution in [2.45, 2.75) is 44.4 Å². The Hall–Kier alpha value is -0.880. The van der Waals surface area contributed by atoms with E-state index in [2.05, 4.69) is 11.1 Å². The molecule has 2 nitrogen and oxygen atoms in total. The summed E-state index contributed by atoms with van der Waals surface area (Å²) in [4.78, 5) is 5.54.